The van der Waals surface area contributed by atoms with Gasteiger partial charge in [0.25, 0.3) is 0 Å². The zero-order chi connectivity index (χ0) is 16.8. The molecule has 0 saturated heterocycles. The minimum Gasteiger partial charge on any atom is -0.455 e. The lowest BCUT2D eigenvalue weighted by atomic mass is 10.00. The number of furan rings is 1. The van der Waals surface area contributed by atoms with Crippen molar-refractivity contribution < 1.29 is 8.98 Å². The van der Waals surface area contributed by atoms with Crippen LogP contribution in [0.1, 0.15) is 16.7 Å². The second kappa shape index (κ2) is 5.21. The summed E-state index contributed by atoms with van der Waals surface area (Å²) in [7, 11) is 2.04. The maximum Gasteiger partial charge on any atom is 0.212 e. The molecule has 2 aromatic carbocycles. The van der Waals surface area contributed by atoms with Gasteiger partial charge >= 0.3 is 0 Å². The summed E-state index contributed by atoms with van der Waals surface area (Å²) in [6, 6.07) is 16.7. The van der Waals surface area contributed by atoms with Crippen molar-refractivity contribution in [3.05, 3.63) is 65.4 Å². The molecule has 3 heteroatoms. The van der Waals surface area contributed by atoms with Crippen LogP contribution in [0, 0.1) is 25.2 Å². The summed E-state index contributed by atoms with van der Waals surface area (Å²) in [5.74, 6) is 0. The van der Waals surface area contributed by atoms with E-state index >= 15 is 0 Å². The Balaban J connectivity index is 2.08. The van der Waals surface area contributed by atoms with Gasteiger partial charge in [0.2, 0.25) is 5.69 Å². The van der Waals surface area contributed by atoms with Crippen molar-refractivity contribution in [2.45, 2.75) is 13.8 Å². The maximum atomic E-state index is 9.45. The fraction of sp³-hybridized carbons (Fsp3) is 0.143. The molecular formula is C21H17N2O+. The third kappa shape index (κ3) is 2.00. The maximum absolute atomic E-state index is 9.45. The van der Waals surface area contributed by atoms with E-state index in [0.717, 1.165) is 33.2 Å². The quantitative estimate of drug-likeness (QED) is 0.483. The number of aromatic nitrogens is 1. The van der Waals surface area contributed by atoms with E-state index < -0.39 is 0 Å². The number of nitrogens with zero attached hydrogens (tertiary/aromatic N) is 2. The monoisotopic (exact) mass is 313 g/mol. The van der Waals surface area contributed by atoms with Crippen LogP contribution in [0.25, 0.3) is 33.2 Å². The molecule has 2 heterocycles. The van der Waals surface area contributed by atoms with E-state index in [1.807, 2.05) is 44.4 Å². The summed E-state index contributed by atoms with van der Waals surface area (Å²) in [6.07, 6.45) is 2.04. The van der Waals surface area contributed by atoms with E-state index in [4.69, 9.17) is 4.42 Å². The Labute approximate surface area is 140 Å². The molecular weight excluding hydrogens is 296 g/mol. The molecule has 0 aliphatic rings. The summed E-state index contributed by atoms with van der Waals surface area (Å²) in [5.41, 5.74) is 6.52. The summed E-state index contributed by atoms with van der Waals surface area (Å²) in [4.78, 5) is 0. The highest BCUT2D eigenvalue weighted by atomic mass is 16.3. The van der Waals surface area contributed by atoms with E-state index in [0.29, 0.717) is 11.1 Å². The second-order valence-corrected chi connectivity index (χ2v) is 6.21. The SMILES string of the molecule is Cc1cc2c(cc1-c1cccc[n+]1C)oc1c(C#N)c(C)ccc12. The third-order valence-electron chi connectivity index (χ3n) is 4.64. The Morgan fingerprint density at radius 2 is 1.83 bits per heavy atom. The standard InChI is InChI=1S/C21H17N2O/c1-13-7-8-15-17-10-14(2)16(19-6-4-5-9-23(19)3)11-20(17)24-21(15)18(13)12-22/h4-11H,1-3H3/q+1. The van der Waals surface area contributed by atoms with Gasteiger partial charge in [-0.25, -0.2) is 4.57 Å². The van der Waals surface area contributed by atoms with Crippen molar-refractivity contribution in [2.24, 2.45) is 7.05 Å². The van der Waals surface area contributed by atoms with Crippen molar-refractivity contribution in [3.63, 3.8) is 0 Å². The van der Waals surface area contributed by atoms with Crippen LogP contribution in [0.4, 0.5) is 0 Å². The van der Waals surface area contributed by atoms with E-state index in [1.165, 1.54) is 5.56 Å². The van der Waals surface area contributed by atoms with E-state index in [9.17, 15) is 5.26 Å². The molecule has 2 aromatic heterocycles. The van der Waals surface area contributed by atoms with Crippen LogP contribution in [0.2, 0.25) is 0 Å². The molecule has 0 aliphatic heterocycles. The van der Waals surface area contributed by atoms with Gasteiger partial charge in [0.15, 0.2) is 11.8 Å². The molecule has 0 unspecified atom stereocenters. The molecule has 0 saturated carbocycles. The van der Waals surface area contributed by atoms with Gasteiger partial charge in [0.05, 0.1) is 11.1 Å². The van der Waals surface area contributed by atoms with Gasteiger partial charge in [-0.1, -0.05) is 12.1 Å². The number of hydrogen-bond donors (Lipinski definition) is 0. The van der Waals surface area contributed by atoms with Crippen LogP contribution in [-0.4, -0.2) is 0 Å². The van der Waals surface area contributed by atoms with Crippen LogP contribution in [0.15, 0.2) is 53.1 Å². The molecule has 0 fully saturated rings. The smallest absolute Gasteiger partial charge is 0.212 e. The first kappa shape index (κ1) is 14.5. The zero-order valence-corrected chi connectivity index (χ0v) is 13.9. The van der Waals surface area contributed by atoms with Gasteiger partial charge < -0.3 is 4.42 Å². The first-order valence-corrected chi connectivity index (χ1v) is 7.91. The van der Waals surface area contributed by atoms with Gasteiger partial charge in [-0.05, 0) is 43.2 Å². The fourth-order valence-electron chi connectivity index (χ4n) is 3.31. The number of fused-ring (bicyclic) bond motifs is 3. The lowest BCUT2D eigenvalue weighted by Gasteiger charge is -2.04. The van der Waals surface area contributed by atoms with Crippen molar-refractivity contribution in [3.8, 4) is 17.3 Å². The van der Waals surface area contributed by atoms with Crippen molar-refractivity contribution >= 4 is 21.9 Å². The van der Waals surface area contributed by atoms with Gasteiger partial charge in [-0.2, -0.15) is 5.26 Å². The number of pyridine rings is 1. The molecule has 0 amide bonds. The van der Waals surface area contributed by atoms with E-state index in [2.05, 4.69) is 35.8 Å². The summed E-state index contributed by atoms with van der Waals surface area (Å²) in [5, 5.41) is 11.5. The highest BCUT2D eigenvalue weighted by molar-refractivity contribution is 6.08. The fourth-order valence-corrected chi connectivity index (χ4v) is 3.31. The molecule has 116 valence electrons. The van der Waals surface area contributed by atoms with Crippen molar-refractivity contribution in [2.75, 3.05) is 0 Å². The summed E-state index contributed by atoms with van der Waals surface area (Å²) < 4.78 is 8.18. The number of hydrogen-bond acceptors (Lipinski definition) is 2. The highest BCUT2D eigenvalue weighted by Crippen LogP contribution is 2.35. The Morgan fingerprint density at radius 3 is 2.58 bits per heavy atom. The van der Waals surface area contributed by atoms with Crippen LogP contribution in [0.3, 0.4) is 0 Å². The Bertz CT molecular complexity index is 1150. The van der Waals surface area contributed by atoms with Crippen LogP contribution in [0.5, 0.6) is 0 Å². The number of benzene rings is 2. The Hall–Kier alpha value is -3.12. The minimum atomic E-state index is 0.619. The average Bonchev–Trinajstić information content (AvgIpc) is 2.92. The molecule has 4 aromatic rings. The summed E-state index contributed by atoms with van der Waals surface area (Å²) in [6.45, 7) is 4.05. The van der Waals surface area contributed by atoms with E-state index in [1.54, 1.807) is 0 Å². The normalized spacial score (nSPS) is 11.1. The van der Waals surface area contributed by atoms with Crippen LogP contribution < -0.4 is 4.57 Å². The molecule has 0 atom stereocenters. The first-order chi connectivity index (χ1) is 11.6. The summed E-state index contributed by atoms with van der Waals surface area (Å²) >= 11 is 0. The molecule has 4 rings (SSSR count). The molecule has 3 nitrogen and oxygen atoms in total. The number of nitriles is 1. The third-order valence-corrected chi connectivity index (χ3v) is 4.64. The lowest BCUT2D eigenvalue weighted by Crippen LogP contribution is -2.30. The number of aryl methyl sites for hydroxylation is 3. The lowest BCUT2D eigenvalue weighted by molar-refractivity contribution is -0.660. The van der Waals surface area contributed by atoms with Gasteiger partial charge in [-0.3, -0.25) is 0 Å². The molecule has 0 N–H and O–H groups in total. The van der Waals surface area contributed by atoms with Gasteiger partial charge in [0.1, 0.15) is 18.7 Å². The zero-order valence-electron chi connectivity index (χ0n) is 13.9. The Morgan fingerprint density at radius 1 is 1.00 bits per heavy atom. The van der Waals surface area contributed by atoms with Crippen LogP contribution >= 0.6 is 0 Å². The average molecular weight is 313 g/mol. The topological polar surface area (TPSA) is 40.8 Å². The van der Waals surface area contributed by atoms with Gasteiger partial charge in [0, 0.05) is 22.9 Å². The van der Waals surface area contributed by atoms with Crippen molar-refractivity contribution in [1.82, 2.24) is 0 Å². The molecule has 0 radical (unpaired) electrons. The van der Waals surface area contributed by atoms with Crippen LogP contribution in [-0.2, 0) is 7.05 Å². The van der Waals surface area contributed by atoms with Gasteiger partial charge in [-0.15, -0.1) is 0 Å². The first-order valence-electron chi connectivity index (χ1n) is 7.91. The number of rotatable bonds is 1. The van der Waals surface area contributed by atoms with E-state index in [-0.39, 0.29) is 0 Å². The molecule has 0 aliphatic carbocycles. The molecule has 0 spiro atoms. The van der Waals surface area contributed by atoms with Crippen molar-refractivity contribution in [1.29, 1.82) is 5.26 Å². The Kier molecular flexibility index (Phi) is 3.14. The molecule has 24 heavy (non-hydrogen) atoms. The predicted octanol–water partition coefficient (Wildman–Crippen LogP) is 4.57. The second-order valence-electron chi connectivity index (χ2n) is 6.21. The minimum absolute atomic E-state index is 0.619. The largest absolute Gasteiger partial charge is 0.455 e. The predicted molar refractivity (Wildman–Crippen MR) is 94.5 cm³/mol. The highest BCUT2D eigenvalue weighted by Gasteiger charge is 2.17. The molecule has 0 bridgehead atoms.